The molecule has 2 heteroatoms. The van der Waals surface area contributed by atoms with E-state index in [0.717, 1.165) is 10.9 Å². The second kappa shape index (κ2) is 5.33. The first kappa shape index (κ1) is 12.1. The Morgan fingerprint density at radius 2 is 1.81 bits per heavy atom. The van der Waals surface area contributed by atoms with Gasteiger partial charge in [0.15, 0.2) is 0 Å². The van der Waals surface area contributed by atoms with E-state index in [1.165, 1.54) is 44.1 Å². The zero-order chi connectivity index (χ0) is 11.4. The van der Waals surface area contributed by atoms with Gasteiger partial charge in [-0.2, -0.15) is 0 Å². The summed E-state index contributed by atoms with van der Waals surface area (Å²) in [5.74, 6) is 0. The molecule has 1 saturated carbocycles. The molecule has 1 fully saturated rings. The van der Waals surface area contributed by atoms with Gasteiger partial charge in [-0.15, -0.1) is 0 Å². The van der Waals surface area contributed by atoms with Crippen molar-refractivity contribution in [2.24, 2.45) is 5.73 Å². The molecule has 2 rings (SSSR count). The lowest BCUT2D eigenvalue weighted by atomic mass is 9.85. The molecule has 0 radical (unpaired) electrons. The second-order valence-electron chi connectivity index (χ2n) is 5.08. The molecule has 0 unspecified atom stereocenters. The van der Waals surface area contributed by atoms with Crippen molar-refractivity contribution in [3.63, 3.8) is 0 Å². The SMILES string of the molecule is NC1(Cc2cccc(Br)c2)CCCCCC1. The monoisotopic (exact) mass is 281 g/mol. The van der Waals surface area contributed by atoms with Gasteiger partial charge >= 0.3 is 0 Å². The van der Waals surface area contributed by atoms with Gasteiger partial charge in [-0.05, 0) is 37.0 Å². The van der Waals surface area contributed by atoms with Gasteiger partial charge in [0.2, 0.25) is 0 Å². The minimum atomic E-state index is 0.0390. The molecule has 88 valence electrons. The lowest BCUT2D eigenvalue weighted by molar-refractivity contribution is 0.369. The Labute approximate surface area is 107 Å². The summed E-state index contributed by atoms with van der Waals surface area (Å²) in [5.41, 5.74) is 7.92. The van der Waals surface area contributed by atoms with E-state index in [-0.39, 0.29) is 5.54 Å². The van der Waals surface area contributed by atoms with Crippen LogP contribution in [0.15, 0.2) is 28.7 Å². The maximum absolute atomic E-state index is 6.53. The standard InChI is InChI=1S/C14H20BrN/c15-13-7-5-6-12(10-13)11-14(16)8-3-1-2-4-9-14/h5-7,10H,1-4,8-9,11,16H2. The number of hydrogen-bond acceptors (Lipinski definition) is 1. The van der Waals surface area contributed by atoms with E-state index >= 15 is 0 Å². The van der Waals surface area contributed by atoms with E-state index in [1.54, 1.807) is 0 Å². The summed E-state index contributed by atoms with van der Waals surface area (Å²) in [7, 11) is 0. The Bertz CT molecular complexity index is 340. The Balaban J connectivity index is 2.06. The van der Waals surface area contributed by atoms with Crippen molar-refractivity contribution in [1.29, 1.82) is 0 Å². The Kier molecular flexibility index (Phi) is 4.04. The molecule has 1 aliphatic carbocycles. The first-order valence-corrected chi connectivity index (χ1v) is 7.01. The topological polar surface area (TPSA) is 26.0 Å². The molecular formula is C14H20BrN. The van der Waals surface area contributed by atoms with Crippen LogP contribution in [0.2, 0.25) is 0 Å². The largest absolute Gasteiger partial charge is 0.325 e. The molecule has 0 aromatic heterocycles. The van der Waals surface area contributed by atoms with Crippen molar-refractivity contribution in [2.75, 3.05) is 0 Å². The molecule has 1 aromatic rings. The predicted octanol–water partition coefficient (Wildman–Crippen LogP) is 4.04. The lowest BCUT2D eigenvalue weighted by Crippen LogP contribution is -2.41. The summed E-state index contributed by atoms with van der Waals surface area (Å²) in [6, 6.07) is 8.54. The molecule has 0 atom stereocenters. The van der Waals surface area contributed by atoms with Gasteiger partial charge in [0.1, 0.15) is 0 Å². The normalized spacial score (nSPS) is 20.4. The zero-order valence-corrected chi connectivity index (χ0v) is 11.3. The maximum Gasteiger partial charge on any atom is 0.0195 e. The van der Waals surface area contributed by atoms with Gasteiger partial charge in [0, 0.05) is 10.0 Å². The van der Waals surface area contributed by atoms with Crippen LogP contribution in [-0.2, 0) is 6.42 Å². The van der Waals surface area contributed by atoms with Crippen LogP contribution in [0, 0.1) is 0 Å². The van der Waals surface area contributed by atoms with Crippen LogP contribution in [0.3, 0.4) is 0 Å². The van der Waals surface area contributed by atoms with Crippen LogP contribution < -0.4 is 5.73 Å². The van der Waals surface area contributed by atoms with Crippen LogP contribution in [0.4, 0.5) is 0 Å². The van der Waals surface area contributed by atoms with Gasteiger partial charge < -0.3 is 5.73 Å². The average Bonchev–Trinajstić information content (AvgIpc) is 2.43. The van der Waals surface area contributed by atoms with E-state index in [2.05, 4.69) is 40.2 Å². The molecule has 16 heavy (non-hydrogen) atoms. The van der Waals surface area contributed by atoms with Crippen molar-refractivity contribution >= 4 is 15.9 Å². The van der Waals surface area contributed by atoms with E-state index in [0.29, 0.717) is 0 Å². The van der Waals surface area contributed by atoms with E-state index in [9.17, 15) is 0 Å². The Hall–Kier alpha value is -0.340. The van der Waals surface area contributed by atoms with Crippen molar-refractivity contribution in [2.45, 2.75) is 50.5 Å². The highest BCUT2D eigenvalue weighted by atomic mass is 79.9. The molecule has 0 heterocycles. The highest BCUT2D eigenvalue weighted by Gasteiger charge is 2.26. The Morgan fingerprint density at radius 3 is 2.44 bits per heavy atom. The third-order valence-electron chi connectivity index (χ3n) is 3.54. The van der Waals surface area contributed by atoms with Crippen LogP contribution in [0.1, 0.15) is 44.1 Å². The van der Waals surface area contributed by atoms with E-state index < -0.39 is 0 Å². The van der Waals surface area contributed by atoms with E-state index in [4.69, 9.17) is 5.73 Å². The fourth-order valence-electron chi connectivity index (χ4n) is 2.66. The average molecular weight is 282 g/mol. The van der Waals surface area contributed by atoms with Gasteiger partial charge in [-0.3, -0.25) is 0 Å². The van der Waals surface area contributed by atoms with Crippen molar-refractivity contribution in [3.05, 3.63) is 34.3 Å². The first-order chi connectivity index (χ1) is 7.68. The number of rotatable bonds is 2. The molecule has 0 saturated heterocycles. The van der Waals surface area contributed by atoms with Crippen molar-refractivity contribution in [1.82, 2.24) is 0 Å². The highest BCUT2D eigenvalue weighted by molar-refractivity contribution is 9.10. The van der Waals surface area contributed by atoms with Crippen LogP contribution >= 0.6 is 15.9 Å². The fraction of sp³-hybridized carbons (Fsp3) is 0.571. The molecule has 0 bridgehead atoms. The summed E-state index contributed by atoms with van der Waals surface area (Å²) >= 11 is 3.52. The van der Waals surface area contributed by atoms with Crippen LogP contribution in [0.5, 0.6) is 0 Å². The molecule has 1 nitrogen and oxygen atoms in total. The van der Waals surface area contributed by atoms with Crippen LogP contribution in [0.25, 0.3) is 0 Å². The number of hydrogen-bond donors (Lipinski definition) is 1. The first-order valence-electron chi connectivity index (χ1n) is 6.21. The molecule has 0 spiro atoms. The summed E-state index contributed by atoms with van der Waals surface area (Å²) in [5, 5.41) is 0. The predicted molar refractivity (Wildman–Crippen MR) is 72.5 cm³/mol. The number of benzene rings is 1. The smallest absolute Gasteiger partial charge is 0.0195 e. The van der Waals surface area contributed by atoms with Crippen molar-refractivity contribution in [3.8, 4) is 0 Å². The summed E-state index contributed by atoms with van der Waals surface area (Å²) in [6.07, 6.45) is 8.69. The molecular weight excluding hydrogens is 262 g/mol. The Morgan fingerprint density at radius 1 is 1.12 bits per heavy atom. The quantitative estimate of drug-likeness (QED) is 0.814. The van der Waals surface area contributed by atoms with E-state index in [1.807, 2.05) is 0 Å². The van der Waals surface area contributed by atoms with Gasteiger partial charge in [-0.25, -0.2) is 0 Å². The molecule has 1 aliphatic rings. The zero-order valence-electron chi connectivity index (χ0n) is 9.71. The number of halogens is 1. The van der Waals surface area contributed by atoms with Gasteiger partial charge in [0.25, 0.3) is 0 Å². The maximum atomic E-state index is 6.53. The van der Waals surface area contributed by atoms with Crippen LogP contribution in [-0.4, -0.2) is 5.54 Å². The fourth-order valence-corrected chi connectivity index (χ4v) is 3.11. The molecule has 0 aliphatic heterocycles. The van der Waals surface area contributed by atoms with Crippen molar-refractivity contribution < 1.29 is 0 Å². The number of nitrogens with two attached hydrogens (primary N) is 1. The molecule has 1 aromatic carbocycles. The van der Waals surface area contributed by atoms with Gasteiger partial charge in [-0.1, -0.05) is 53.7 Å². The summed E-state index contributed by atoms with van der Waals surface area (Å²) in [4.78, 5) is 0. The summed E-state index contributed by atoms with van der Waals surface area (Å²) in [6.45, 7) is 0. The molecule has 0 amide bonds. The molecule has 2 N–H and O–H groups in total. The summed E-state index contributed by atoms with van der Waals surface area (Å²) < 4.78 is 1.15. The third kappa shape index (κ3) is 3.33. The minimum Gasteiger partial charge on any atom is -0.325 e. The lowest BCUT2D eigenvalue weighted by Gasteiger charge is -2.28. The third-order valence-corrected chi connectivity index (χ3v) is 4.04. The minimum absolute atomic E-state index is 0.0390. The second-order valence-corrected chi connectivity index (χ2v) is 6.00. The van der Waals surface area contributed by atoms with Gasteiger partial charge in [0.05, 0.1) is 0 Å². The highest BCUT2D eigenvalue weighted by Crippen LogP contribution is 2.28.